The standard InChI is InChI=1S/C26H20N4/c1-3-11-20(12-4-1)26-23(19-28-29-25-17-9-10-18-27-25)22-15-7-8-16-24(22)30(26)21-13-5-2-6-14-21/h1-19H,(H,27,29). The van der Waals surface area contributed by atoms with Crippen LogP contribution in [0.3, 0.4) is 0 Å². The molecule has 5 aromatic rings. The molecular formula is C26H20N4. The van der Waals surface area contributed by atoms with Crippen molar-refractivity contribution >= 4 is 22.9 Å². The van der Waals surface area contributed by atoms with Crippen molar-refractivity contribution in [3.8, 4) is 16.9 Å². The Hall–Kier alpha value is -4.18. The topological polar surface area (TPSA) is 42.2 Å². The molecule has 5 rings (SSSR count). The van der Waals surface area contributed by atoms with Crippen molar-refractivity contribution < 1.29 is 0 Å². The molecule has 144 valence electrons. The van der Waals surface area contributed by atoms with E-state index in [2.05, 4.69) is 92.9 Å². The van der Waals surface area contributed by atoms with Crippen molar-refractivity contribution in [3.63, 3.8) is 0 Å². The molecule has 0 saturated heterocycles. The van der Waals surface area contributed by atoms with Gasteiger partial charge in [-0.1, -0.05) is 72.8 Å². The van der Waals surface area contributed by atoms with E-state index in [1.807, 2.05) is 36.5 Å². The van der Waals surface area contributed by atoms with Crippen LogP contribution >= 0.6 is 0 Å². The number of fused-ring (bicyclic) bond motifs is 1. The summed E-state index contributed by atoms with van der Waals surface area (Å²) in [5.41, 5.74) is 8.59. The Balaban J connectivity index is 1.73. The van der Waals surface area contributed by atoms with E-state index < -0.39 is 0 Å². The maximum Gasteiger partial charge on any atom is 0.146 e. The van der Waals surface area contributed by atoms with Crippen LogP contribution in [0.2, 0.25) is 0 Å². The normalized spacial score (nSPS) is 11.2. The Morgan fingerprint density at radius 1 is 0.733 bits per heavy atom. The van der Waals surface area contributed by atoms with Crippen molar-refractivity contribution in [1.82, 2.24) is 9.55 Å². The summed E-state index contributed by atoms with van der Waals surface area (Å²) in [6.45, 7) is 0. The summed E-state index contributed by atoms with van der Waals surface area (Å²) in [7, 11) is 0. The van der Waals surface area contributed by atoms with Gasteiger partial charge in [-0.3, -0.25) is 5.43 Å². The first-order valence-corrected chi connectivity index (χ1v) is 9.86. The van der Waals surface area contributed by atoms with Crippen molar-refractivity contribution in [2.75, 3.05) is 5.43 Å². The lowest BCUT2D eigenvalue weighted by Crippen LogP contribution is -1.98. The lowest BCUT2D eigenvalue weighted by atomic mass is 10.1. The second kappa shape index (κ2) is 8.05. The molecule has 2 heterocycles. The summed E-state index contributed by atoms with van der Waals surface area (Å²) in [5, 5.41) is 5.65. The number of hydrogen-bond donors (Lipinski definition) is 1. The summed E-state index contributed by atoms with van der Waals surface area (Å²) < 4.78 is 2.30. The number of pyridine rings is 1. The second-order valence-corrected chi connectivity index (χ2v) is 6.90. The number of benzene rings is 3. The van der Waals surface area contributed by atoms with Gasteiger partial charge in [0.2, 0.25) is 0 Å². The summed E-state index contributed by atoms with van der Waals surface area (Å²) in [4.78, 5) is 4.28. The van der Waals surface area contributed by atoms with Gasteiger partial charge in [-0.15, -0.1) is 0 Å². The zero-order chi connectivity index (χ0) is 20.2. The molecule has 0 aliphatic carbocycles. The van der Waals surface area contributed by atoms with E-state index in [0.717, 1.165) is 33.4 Å². The zero-order valence-electron chi connectivity index (χ0n) is 16.3. The number of aromatic nitrogens is 2. The molecule has 0 saturated carbocycles. The first kappa shape index (κ1) is 17.9. The molecule has 0 unspecified atom stereocenters. The van der Waals surface area contributed by atoms with Crippen LogP contribution in [-0.2, 0) is 0 Å². The van der Waals surface area contributed by atoms with Crippen LogP contribution in [0.15, 0.2) is 114 Å². The van der Waals surface area contributed by atoms with Gasteiger partial charge in [0.25, 0.3) is 0 Å². The molecule has 3 aromatic carbocycles. The van der Waals surface area contributed by atoms with Gasteiger partial charge in [-0.05, 0) is 35.9 Å². The summed E-state index contributed by atoms with van der Waals surface area (Å²) in [5.74, 6) is 0.710. The minimum Gasteiger partial charge on any atom is -0.309 e. The van der Waals surface area contributed by atoms with Crippen LogP contribution in [0.25, 0.3) is 27.8 Å². The number of hydrazone groups is 1. The average molecular weight is 388 g/mol. The van der Waals surface area contributed by atoms with E-state index in [1.54, 1.807) is 6.20 Å². The molecule has 0 aliphatic rings. The molecule has 4 nitrogen and oxygen atoms in total. The van der Waals surface area contributed by atoms with Crippen molar-refractivity contribution in [2.45, 2.75) is 0 Å². The van der Waals surface area contributed by atoms with Gasteiger partial charge in [0, 0.05) is 22.8 Å². The monoisotopic (exact) mass is 388 g/mol. The highest BCUT2D eigenvalue weighted by Crippen LogP contribution is 2.35. The predicted molar refractivity (Wildman–Crippen MR) is 124 cm³/mol. The van der Waals surface area contributed by atoms with Crippen LogP contribution in [-0.4, -0.2) is 15.8 Å². The molecule has 2 aromatic heterocycles. The van der Waals surface area contributed by atoms with E-state index in [4.69, 9.17) is 0 Å². The fourth-order valence-corrected chi connectivity index (χ4v) is 3.71. The maximum absolute atomic E-state index is 4.50. The summed E-state index contributed by atoms with van der Waals surface area (Å²) in [6.07, 6.45) is 3.63. The van der Waals surface area contributed by atoms with Gasteiger partial charge in [0.05, 0.1) is 17.4 Å². The van der Waals surface area contributed by atoms with Gasteiger partial charge in [-0.25, -0.2) is 4.98 Å². The minimum absolute atomic E-state index is 0.710. The third kappa shape index (κ3) is 3.35. The van der Waals surface area contributed by atoms with Crippen LogP contribution in [0.5, 0.6) is 0 Å². The van der Waals surface area contributed by atoms with E-state index >= 15 is 0 Å². The van der Waals surface area contributed by atoms with E-state index in [1.165, 1.54) is 0 Å². The van der Waals surface area contributed by atoms with Gasteiger partial charge < -0.3 is 4.57 Å². The largest absolute Gasteiger partial charge is 0.309 e. The molecule has 0 spiro atoms. The first-order valence-electron chi connectivity index (χ1n) is 9.86. The minimum atomic E-state index is 0.710. The van der Waals surface area contributed by atoms with Crippen molar-refractivity contribution in [2.24, 2.45) is 5.10 Å². The van der Waals surface area contributed by atoms with Crippen LogP contribution in [0, 0.1) is 0 Å². The molecule has 30 heavy (non-hydrogen) atoms. The number of rotatable bonds is 5. The predicted octanol–water partition coefficient (Wildman–Crippen LogP) is 6.14. The average Bonchev–Trinajstić information content (AvgIpc) is 3.15. The Bertz CT molecular complexity index is 1290. The number of nitrogens with zero attached hydrogens (tertiary/aromatic N) is 3. The highest BCUT2D eigenvalue weighted by atomic mass is 15.3. The van der Waals surface area contributed by atoms with E-state index in [0.29, 0.717) is 5.82 Å². The van der Waals surface area contributed by atoms with Gasteiger partial charge in [-0.2, -0.15) is 5.10 Å². The van der Waals surface area contributed by atoms with Gasteiger partial charge in [0.1, 0.15) is 5.82 Å². The quantitative estimate of drug-likeness (QED) is 0.290. The third-order valence-corrected chi connectivity index (χ3v) is 5.01. The molecule has 0 atom stereocenters. The molecule has 0 aliphatic heterocycles. The van der Waals surface area contributed by atoms with Crippen molar-refractivity contribution in [1.29, 1.82) is 0 Å². The lowest BCUT2D eigenvalue weighted by Gasteiger charge is -2.12. The molecule has 0 bridgehead atoms. The van der Waals surface area contributed by atoms with Crippen LogP contribution in [0.1, 0.15) is 5.56 Å². The second-order valence-electron chi connectivity index (χ2n) is 6.90. The lowest BCUT2D eigenvalue weighted by molar-refractivity contribution is 1.13. The number of hydrogen-bond acceptors (Lipinski definition) is 3. The Morgan fingerprint density at radius 2 is 1.43 bits per heavy atom. The zero-order valence-corrected chi connectivity index (χ0v) is 16.3. The first-order chi connectivity index (χ1) is 14.9. The Labute approximate surface area is 175 Å². The van der Waals surface area contributed by atoms with Crippen LogP contribution in [0.4, 0.5) is 5.82 Å². The molecule has 0 fully saturated rings. The van der Waals surface area contributed by atoms with Crippen LogP contribution < -0.4 is 5.43 Å². The fraction of sp³-hybridized carbons (Fsp3) is 0. The molecule has 0 radical (unpaired) electrons. The SMILES string of the molecule is C(=NNc1ccccn1)c1c(-c2ccccc2)n(-c2ccccc2)c2ccccc12. The molecule has 4 heteroatoms. The Morgan fingerprint density at radius 3 is 2.20 bits per heavy atom. The maximum atomic E-state index is 4.50. The number of anilines is 1. The third-order valence-electron chi connectivity index (χ3n) is 5.01. The Kier molecular flexibility index (Phi) is 4.80. The fourth-order valence-electron chi connectivity index (χ4n) is 3.71. The smallest absolute Gasteiger partial charge is 0.146 e. The molecule has 0 amide bonds. The van der Waals surface area contributed by atoms with Gasteiger partial charge >= 0.3 is 0 Å². The summed E-state index contributed by atoms with van der Waals surface area (Å²) in [6, 6.07) is 35.0. The number of nitrogens with one attached hydrogen (secondary N) is 1. The van der Waals surface area contributed by atoms with Gasteiger partial charge in [0.15, 0.2) is 0 Å². The highest BCUT2D eigenvalue weighted by Gasteiger charge is 2.18. The highest BCUT2D eigenvalue weighted by molar-refractivity contribution is 6.07. The van der Waals surface area contributed by atoms with Crippen molar-refractivity contribution in [3.05, 3.63) is 115 Å². The van der Waals surface area contributed by atoms with E-state index in [9.17, 15) is 0 Å². The summed E-state index contributed by atoms with van der Waals surface area (Å²) >= 11 is 0. The molecular weight excluding hydrogens is 368 g/mol. The number of para-hydroxylation sites is 2. The van der Waals surface area contributed by atoms with E-state index in [-0.39, 0.29) is 0 Å². The molecule has 1 N–H and O–H groups in total.